The predicted molar refractivity (Wildman–Crippen MR) is 98.4 cm³/mol. The highest BCUT2D eigenvalue weighted by molar-refractivity contribution is 5.96. The third-order valence-electron chi connectivity index (χ3n) is 4.86. The summed E-state index contributed by atoms with van der Waals surface area (Å²) < 4.78 is 17.3. The minimum Gasteiger partial charge on any atom is -0.478 e. The molecule has 0 aliphatic carbocycles. The Morgan fingerprint density at radius 3 is 3.11 bits per heavy atom. The third kappa shape index (κ3) is 3.00. The number of aliphatic hydroxyl groups is 1. The molecule has 4 heterocycles. The molecule has 7 nitrogen and oxygen atoms in total. The first-order valence-corrected chi connectivity index (χ1v) is 8.98. The molecular weight excluding hydrogens is 346 g/mol. The monoisotopic (exact) mass is 365 g/mol. The number of aromatic nitrogens is 1. The second kappa shape index (κ2) is 6.59. The molecular formula is C20H19N3O4. The topological polar surface area (TPSA) is 76.4 Å². The highest BCUT2D eigenvalue weighted by Crippen LogP contribution is 2.32. The number of nitrogens with zero attached hydrogens (tertiary/aromatic N) is 3. The molecule has 3 aliphatic heterocycles. The lowest BCUT2D eigenvalue weighted by Crippen LogP contribution is -2.41. The van der Waals surface area contributed by atoms with Gasteiger partial charge >= 0.3 is 0 Å². The van der Waals surface area contributed by atoms with Crippen molar-refractivity contribution in [3.8, 4) is 11.6 Å². The molecule has 0 spiro atoms. The van der Waals surface area contributed by atoms with Gasteiger partial charge in [-0.3, -0.25) is 0 Å². The van der Waals surface area contributed by atoms with E-state index in [2.05, 4.69) is 22.1 Å². The van der Waals surface area contributed by atoms with Gasteiger partial charge in [0.15, 0.2) is 11.9 Å². The summed E-state index contributed by atoms with van der Waals surface area (Å²) in [6.45, 7) is 1.35. The third-order valence-corrected chi connectivity index (χ3v) is 4.86. The summed E-state index contributed by atoms with van der Waals surface area (Å²) in [6.07, 6.45) is 3.22. The molecule has 1 N–H and O–H groups in total. The Balaban J connectivity index is 1.31. The Bertz CT molecular complexity index is 927. The van der Waals surface area contributed by atoms with Crippen molar-refractivity contribution in [3.05, 3.63) is 59.8 Å². The van der Waals surface area contributed by atoms with Crippen molar-refractivity contribution in [2.24, 2.45) is 4.99 Å². The highest BCUT2D eigenvalue weighted by Gasteiger charge is 2.30. The summed E-state index contributed by atoms with van der Waals surface area (Å²) >= 11 is 0. The molecule has 1 aromatic carbocycles. The van der Waals surface area contributed by atoms with Crippen molar-refractivity contribution in [3.63, 3.8) is 0 Å². The molecule has 0 amide bonds. The number of rotatable bonds is 2. The second-order valence-electron chi connectivity index (χ2n) is 6.61. The summed E-state index contributed by atoms with van der Waals surface area (Å²) in [5.74, 6) is 1.50. The van der Waals surface area contributed by atoms with Crippen LogP contribution in [0.5, 0.6) is 11.6 Å². The van der Waals surface area contributed by atoms with Gasteiger partial charge in [0.2, 0.25) is 12.2 Å². The van der Waals surface area contributed by atoms with Crippen LogP contribution in [-0.2, 0) is 11.2 Å². The molecule has 1 aromatic heterocycles. The maximum Gasteiger partial charge on any atom is 0.257 e. The number of aliphatic hydroxyl groups excluding tert-OH is 1. The quantitative estimate of drug-likeness (QED) is 0.875. The number of fused-ring (bicyclic) bond motifs is 4. The average molecular weight is 365 g/mol. The molecule has 5 rings (SSSR count). The first kappa shape index (κ1) is 16.1. The average Bonchev–Trinajstić information content (AvgIpc) is 2.72. The van der Waals surface area contributed by atoms with Crippen molar-refractivity contribution in [1.82, 2.24) is 9.88 Å². The molecule has 0 radical (unpaired) electrons. The van der Waals surface area contributed by atoms with Crippen LogP contribution in [0, 0.1) is 0 Å². The van der Waals surface area contributed by atoms with Crippen molar-refractivity contribution in [2.75, 3.05) is 19.8 Å². The Morgan fingerprint density at radius 2 is 2.15 bits per heavy atom. The van der Waals surface area contributed by atoms with E-state index in [9.17, 15) is 5.11 Å². The normalized spacial score (nSPS) is 22.9. The molecule has 0 saturated carbocycles. The number of benzene rings is 1. The van der Waals surface area contributed by atoms with Gasteiger partial charge in [-0.15, -0.1) is 0 Å². The van der Waals surface area contributed by atoms with Crippen LogP contribution < -0.4 is 9.47 Å². The number of aliphatic imine (C=N–C) groups is 1. The van der Waals surface area contributed by atoms with Gasteiger partial charge in [0.05, 0.1) is 5.70 Å². The van der Waals surface area contributed by atoms with E-state index in [4.69, 9.17) is 14.2 Å². The zero-order chi connectivity index (χ0) is 18.2. The van der Waals surface area contributed by atoms with Gasteiger partial charge in [-0.2, -0.15) is 4.99 Å². The van der Waals surface area contributed by atoms with E-state index >= 15 is 0 Å². The molecule has 2 unspecified atom stereocenters. The van der Waals surface area contributed by atoms with E-state index < -0.39 is 6.35 Å². The van der Waals surface area contributed by atoms with Gasteiger partial charge in [-0.1, -0.05) is 24.3 Å². The van der Waals surface area contributed by atoms with Crippen LogP contribution in [0.4, 0.5) is 0 Å². The van der Waals surface area contributed by atoms with Crippen LogP contribution in [0.3, 0.4) is 0 Å². The number of ether oxygens (including phenoxy) is 3. The maximum atomic E-state index is 10.4. The molecule has 0 saturated heterocycles. The fourth-order valence-electron chi connectivity index (χ4n) is 3.54. The van der Waals surface area contributed by atoms with E-state index in [0.717, 1.165) is 24.2 Å². The number of hydrogen-bond acceptors (Lipinski definition) is 7. The van der Waals surface area contributed by atoms with E-state index in [0.29, 0.717) is 24.1 Å². The summed E-state index contributed by atoms with van der Waals surface area (Å²) in [5, 5.41) is 10.4. The largest absolute Gasteiger partial charge is 0.478 e. The second-order valence-corrected chi connectivity index (χ2v) is 6.61. The highest BCUT2D eigenvalue weighted by atomic mass is 16.6. The van der Waals surface area contributed by atoms with Gasteiger partial charge in [0.1, 0.15) is 13.2 Å². The van der Waals surface area contributed by atoms with Crippen LogP contribution in [0.15, 0.2) is 53.7 Å². The molecule has 3 aliphatic rings. The first-order chi connectivity index (χ1) is 13.3. The smallest absolute Gasteiger partial charge is 0.257 e. The van der Waals surface area contributed by atoms with Gasteiger partial charge < -0.3 is 24.2 Å². The van der Waals surface area contributed by atoms with E-state index in [1.807, 2.05) is 29.2 Å². The Labute approximate surface area is 156 Å². The molecule has 2 aromatic rings. The lowest BCUT2D eigenvalue weighted by atomic mass is 9.96. The van der Waals surface area contributed by atoms with Crippen LogP contribution >= 0.6 is 0 Å². The zero-order valence-electron chi connectivity index (χ0n) is 14.6. The van der Waals surface area contributed by atoms with Crippen molar-refractivity contribution < 1.29 is 19.3 Å². The summed E-state index contributed by atoms with van der Waals surface area (Å²) in [7, 11) is 0. The van der Waals surface area contributed by atoms with Gasteiger partial charge in [-0.25, -0.2) is 4.98 Å². The molecule has 7 heteroatoms. The molecule has 0 fully saturated rings. The fraction of sp³-hybridized carbons (Fsp3) is 0.300. The summed E-state index contributed by atoms with van der Waals surface area (Å²) in [5.41, 5.74) is 3.31. The molecule has 138 valence electrons. The summed E-state index contributed by atoms with van der Waals surface area (Å²) in [6, 6.07) is 11.8. The SMILES string of the molecule is OC1N=C(OCC2COc3ncccc3O2)C=C2c3ccccc3CCN21. The first-order valence-electron chi connectivity index (χ1n) is 8.98. The maximum absolute atomic E-state index is 10.4. The van der Waals surface area contributed by atoms with Crippen molar-refractivity contribution in [2.45, 2.75) is 18.9 Å². The number of pyridine rings is 1. The lowest BCUT2D eigenvalue weighted by Gasteiger charge is -2.37. The van der Waals surface area contributed by atoms with E-state index in [1.165, 1.54) is 5.56 Å². The van der Waals surface area contributed by atoms with Crippen LogP contribution in [0.1, 0.15) is 11.1 Å². The van der Waals surface area contributed by atoms with Gasteiger partial charge in [-0.05, 0) is 24.1 Å². The fourth-order valence-corrected chi connectivity index (χ4v) is 3.54. The van der Waals surface area contributed by atoms with Crippen molar-refractivity contribution >= 4 is 11.6 Å². The Kier molecular flexibility index (Phi) is 3.94. The summed E-state index contributed by atoms with van der Waals surface area (Å²) in [4.78, 5) is 10.3. The zero-order valence-corrected chi connectivity index (χ0v) is 14.6. The van der Waals surface area contributed by atoms with E-state index in [-0.39, 0.29) is 12.7 Å². The molecule has 27 heavy (non-hydrogen) atoms. The Hall–Kier alpha value is -3.06. The standard InChI is InChI=1S/C20H19N3O4/c24-20-22-18(10-16-15-5-2-1-4-13(15)7-9-23(16)20)25-11-14-12-26-19-17(27-14)6-3-8-21-19/h1-6,8,10,14,20,24H,7,9,11-12H2. The van der Waals surface area contributed by atoms with Crippen LogP contribution in [0.2, 0.25) is 0 Å². The van der Waals surface area contributed by atoms with Gasteiger partial charge in [0.25, 0.3) is 5.88 Å². The van der Waals surface area contributed by atoms with E-state index in [1.54, 1.807) is 12.3 Å². The molecule has 2 atom stereocenters. The minimum absolute atomic E-state index is 0.267. The number of hydrogen-bond donors (Lipinski definition) is 1. The molecule has 0 bridgehead atoms. The minimum atomic E-state index is -0.943. The lowest BCUT2D eigenvalue weighted by molar-refractivity contribution is 0.0348. The predicted octanol–water partition coefficient (Wildman–Crippen LogP) is 1.83. The van der Waals surface area contributed by atoms with Gasteiger partial charge in [0, 0.05) is 24.4 Å². The van der Waals surface area contributed by atoms with Crippen molar-refractivity contribution in [1.29, 1.82) is 0 Å². The van der Waals surface area contributed by atoms with Crippen LogP contribution in [0.25, 0.3) is 5.70 Å². The Morgan fingerprint density at radius 1 is 1.22 bits per heavy atom. The van der Waals surface area contributed by atoms with Crippen LogP contribution in [-0.4, -0.2) is 53.1 Å².